The van der Waals surface area contributed by atoms with Crippen molar-refractivity contribution in [3.8, 4) is 0 Å². The molecule has 0 saturated carbocycles. The van der Waals surface area contributed by atoms with E-state index in [2.05, 4.69) is 24.1 Å². The van der Waals surface area contributed by atoms with Crippen LogP contribution >= 0.6 is 0 Å². The highest BCUT2D eigenvalue weighted by molar-refractivity contribution is 4.85. The topological polar surface area (TPSA) is 24.5 Å². The molecule has 3 nitrogen and oxygen atoms in total. The molecule has 2 fully saturated rings. The second-order valence-corrected chi connectivity index (χ2v) is 5.58. The maximum Gasteiger partial charge on any atom is 0.0728 e. The normalized spacial score (nSPS) is 32.8. The van der Waals surface area contributed by atoms with Crippen LogP contribution in [0.25, 0.3) is 0 Å². The van der Waals surface area contributed by atoms with Crippen molar-refractivity contribution in [2.75, 3.05) is 26.2 Å². The summed E-state index contributed by atoms with van der Waals surface area (Å²) in [4.78, 5) is 2.63. The van der Waals surface area contributed by atoms with Crippen LogP contribution in [-0.2, 0) is 4.74 Å². The Morgan fingerprint density at radius 2 is 2.24 bits per heavy atom. The van der Waals surface area contributed by atoms with Gasteiger partial charge in [0, 0.05) is 25.2 Å². The zero-order chi connectivity index (χ0) is 12.1. The lowest BCUT2D eigenvalue weighted by molar-refractivity contribution is 0.0183. The van der Waals surface area contributed by atoms with Crippen LogP contribution in [0.15, 0.2) is 0 Å². The second-order valence-electron chi connectivity index (χ2n) is 5.58. The van der Waals surface area contributed by atoms with Gasteiger partial charge in [0.05, 0.1) is 6.10 Å². The second kappa shape index (κ2) is 6.72. The van der Waals surface area contributed by atoms with E-state index in [-0.39, 0.29) is 0 Å². The van der Waals surface area contributed by atoms with Crippen molar-refractivity contribution in [2.45, 2.75) is 64.1 Å². The van der Waals surface area contributed by atoms with E-state index in [1.54, 1.807) is 0 Å². The summed E-state index contributed by atoms with van der Waals surface area (Å²) in [6.07, 6.45) is 6.90. The maximum atomic E-state index is 5.82. The molecule has 0 spiro atoms. The minimum atomic E-state index is 0.486. The Labute approximate surface area is 106 Å². The van der Waals surface area contributed by atoms with Crippen molar-refractivity contribution in [3.63, 3.8) is 0 Å². The van der Waals surface area contributed by atoms with E-state index >= 15 is 0 Å². The minimum Gasteiger partial charge on any atom is -0.377 e. The lowest BCUT2D eigenvalue weighted by Crippen LogP contribution is -2.52. The van der Waals surface area contributed by atoms with Crippen molar-refractivity contribution in [1.29, 1.82) is 0 Å². The molecular formula is C14H28N2O. The SMILES string of the molecule is CCCNC1CCCN(C(C)C2CCCO2)C1. The van der Waals surface area contributed by atoms with E-state index in [9.17, 15) is 0 Å². The molecule has 3 heteroatoms. The highest BCUT2D eigenvalue weighted by Gasteiger charge is 2.30. The largest absolute Gasteiger partial charge is 0.377 e. The minimum absolute atomic E-state index is 0.486. The van der Waals surface area contributed by atoms with Crippen LogP contribution < -0.4 is 5.32 Å². The van der Waals surface area contributed by atoms with Crippen LogP contribution in [0.4, 0.5) is 0 Å². The van der Waals surface area contributed by atoms with Crippen molar-refractivity contribution < 1.29 is 4.74 Å². The van der Waals surface area contributed by atoms with Crippen molar-refractivity contribution >= 4 is 0 Å². The molecule has 0 bridgehead atoms. The molecule has 3 atom stereocenters. The van der Waals surface area contributed by atoms with Gasteiger partial charge in [-0.25, -0.2) is 0 Å². The Hall–Kier alpha value is -0.120. The fourth-order valence-electron chi connectivity index (χ4n) is 3.11. The molecule has 2 aliphatic heterocycles. The first-order valence-electron chi connectivity index (χ1n) is 7.40. The van der Waals surface area contributed by atoms with Crippen molar-refractivity contribution in [1.82, 2.24) is 10.2 Å². The lowest BCUT2D eigenvalue weighted by atomic mass is 10.0. The average Bonchev–Trinajstić information content (AvgIpc) is 2.89. The van der Waals surface area contributed by atoms with Gasteiger partial charge in [-0.15, -0.1) is 0 Å². The molecule has 3 unspecified atom stereocenters. The van der Waals surface area contributed by atoms with Crippen LogP contribution in [-0.4, -0.2) is 49.3 Å². The van der Waals surface area contributed by atoms with Gasteiger partial charge in [0.25, 0.3) is 0 Å². The van der Waals surface area contributed by atoms with Gasteiger partial charge < -0.3 is 10.1 Å². The standard InChI is InChI=1S/C14H28N2O/c1-3-8-15-13-6-4-9-16(11-13)12(2)14-7-5-10-17-14/h12-15H,3-11H2,1-2H3. The Bertz CT molecular complexity index is 216. The summed E-state index contributed by atoms with van der Waals surface area (Å²) in [5.74, 6) is 0. The molecule has 17 heavy (non-hydrogen) atoms. The van der Waals surface area contributed by atoms with Crippen LogP contribution in [0, 0.1) is 0 Å². The Morgan fingerprint density at radius 3 is 2.94 bits per heavy atom. The summed E-state index contributed by atoms with van der Waals surface area (Å²) in [5, 5.41) is 3.66. The number of piperidine rings is 1. The number of rotatable bonds is 5. The number of ether oxygens (including phenoxy) is 1. The van der Waals surface area contributed by atoms with E-state index in [0.29, 0.717) is 18.2 Å². The predicted molar refractivity (Wildman–Crippen MR) is 71.3 cm³/mol. The smallest absolute Gasteiger partial charge is 0.0728 e. The van der Waals surface area contributed by atoms with E-state index in [0.717, 1.165) is 13.2 Å². The van der Waals surface area contributed by atoms with Crippen LogP contribution in [0.1, 0.15) is 46.0 Å². The third kappa shape index (κ3) is 3.67. The monoisotopic (exact) mass is 240 g/mol. The first-order valence-corrected chi connectivity index (χ1v) is 7.40. The van der Waals surface area contributed by atoms with E-state index in [4.69, 9.17) is 4.74 Å². The van der Waals surface area contributed by atoms with Crippen molar-refractivity contribution in [2.24, 2.45) is 0 Å². The Balaban J connectivity index is 1.79. The van der Waals surface area contributed by atoms with Gasteiger partial charge in [0.15, 0.2) is 0 Å². The van der Waals surface area contributed by atoms with Gasteiger partial charge in [-0.3, -0.25) is 4.90 Å². The quantitative estimate of drug-likeness (QED) is 0.795. The third-order valence-corrected chi connectivity index (χ3v) is 4.21. The zero-order valence-electron chi connectivity index (χ0n) is 11.5. The average molecular weight is 240 g/mol. The molecule has 0 amide bonds. The Kier molecular flexibility index (Phi) is 5.26. The fourth-order valence-corrected chi connectivity index (χ4v) is 3.11. The van der Waals surface area contributed by atoms with Crippen molar-refractivity contribution in [3.05, 3.63) is 0 Å². The van der Waals surface area contributed by atoms with Gasteiger partial charge in [-0.2, -0.15) is 0 Å². The summed E-state index contributed by atoms with van der Waals surface area (Å²) >= 11 is 0. The molecule has 1 N–H and O–H groups in total. The molecule has 2 saturated heterocycles. The van der Waals surface area contributed by atoms with E-state index in [1.165, 1.54) is 45.2 Å². The first kappa shape index (κ1) is 13.3. The summed E-state index contributed by atoms with van der Waals surface area (Å²) < 4.78 is 5.82. The summed E-state index contributed by atoms with van der Waals surface area (Å²) in [6.45, 7) is 9.18. The number of hydrogen-bond acceptors (Lipinski definition) is 3. The number of hydrogen-bond donors (Lipinski definition) is 1. The van der Waals surface area contributed by atoms with Gasteiger partial charge in [0.1, 0.15) is 0 Å². The molecule has 2 heterocycles. The van der Waals surface area contributed by atoms with Crippen LogP contribution in [0.5, 0.6) is 0 Å². The predicted octanol–water partition coefficient (Wildman–Crippen LogP) is 2.02. The van der Waals surface area contributed by atoms with Gasteiger partial charge >= 0.3 is 0 Å². The summed E-state index contributed by atoms with van der Waals surface area (Å²) in [5.41, 5.74) is 0. The molecular weight excluding hydrogens is 212 g/mol. The Morgan fingerprint density at radius 1 is 1.35 bits per heavy atom. The lowest BCUT2D eigenvalue weighted by Gasteiger charge is -2.39. The first-order chi connectivity index (χ1) is 8.31. The molecule has 100 valence electrons. The highest BCUT2D eigenvalue weighted by atomic mass is 16.5. The van der Waals surface area contributed by atoms with Crippen LogP contribution in [0.3, 0.4) is 0 Å². The molecule has 0 aliphatic carbocycles. The third-order valence-electron chi connectivity index (χ3n) is 4.21. The molecule has 2 aliphatic rings. The summed E-state index contributed by atoms with van der Waals surface area (Å²) in [6, 6.07) is 1.30. The molecule has 2 rings (SSSR count). The molecule has 0 radical (unpaired) electrons. The van der Waals surface area contributed by atoms with E-state index in [1.807, 2.05) is 0 Å². The van der Waals surface area contributed by atoms with Gasteiger partial charge in [0.2, 0.25) is 0 Å². The van der Waals surface area contributed by atoms with Gasteiger partial charge in [-0.1, -0.05) is 6.92 Å². The van der Waals surface area contributed by atoms with E-state index < -0.39 is 0 Å². The highest BCUT2D eigenvalue weighted by Crippen LogP contribution is 2.22. The number of likely N-dealkylation sites (tertiary alicyclic amines) is 1. The number of nitrogens with zero attached hydrogens (tertiary/aromatic N) is 1. The van der Waals surface area contributed by atoms with Crippen LogP contribution in [0.2, 0.25) is 0 Å². The molecule has 0 aromatic rings. The molecule has 0 aromatic carbocycles. The molecule has 0 aromatic heterocycles. The van der Waals surface area contributed by atoms with Gasteiger partial charge in [-0.05, 0) is 52.1 Å². The summed E-state index contributed by atoms with van der Waals surface area (Å²) in [7, 11) is 0. The number of nitrogens with one attached hydrogen (secondary N) is 1. The maximum absolute atomic E-state index is 5.82. The zero-order valence-corrected chi connectivity index (χ0v) is 11.5. The fraction of sp³-hybridized carbons (Fsp3) is 1.00.